The number of aromatic carboxylic acids is 1. The van der Waals surface area contributed by atoms with E-state index < -0.39 is 5.97 Å². The van der Waals surface area contributed by atoms with Crippen molar-refractivity contribution in [3.63, 3.8) is 0 Å². The minimum absolute atomic E-state index is 0. The molecule has 0 radical (unpaired) electrons. The third-order valence-electron chi connectivity index (χ3n) is 2.51. The van der Waals surface area contributed by atoms with Gasteiger partial charge in [-0.25, -0.2) is 14.8 Å². The van der Waals surface area contributed by atoms with Crippen molar-refractivity contribution < 1.29 is 15.0 Å². The summed E-state index contributed by atoms with van der Waals surface area (Å²) in [5, 5.41) is 21.5. The Bertz CT molecular complexity index is 577. The minimum Gasteiger partial charge on any atom is -0.478 e. The Kier molecular flexibility index (Phi) is 5.47. The van der Waals surface area contributed by atoms with E-state index in [4.69, 9.17) is 10.2 Å². The lowest BCUT2D eigenvalue weighted by Gasteiger charge is -2.07. The molecule has 2 rings (SSSR count). The molecule has 0 bridgehead atoms. The highest BCUT2D eigenvalue weighted by Crippen LogP contribution is 2.20. The fraction of sp³-hybridized carbons (Fsp3) is 0.250. The Labute approximate surface area is 115 Å². The molecule has 0 spiro atoms. The molecule has 6 nitrogen and oxygen atoms in total. The van der Waals surface area contributed by atoms with E-state index >= 15 is 0 Å². The quantitative estimate of drug-likeness (QED) is 0.721. The van der Waals surface area contributed by atoms with Gasteiger partial charge < -0.3 is 15.5 Å². The maximum atomic E-state index is 10.9. The lowest BCUT2D eigenvalue weighted by molar-refractivity contribution is 0.0697. The molecule has 0 saturated heterocycles. The number of rotatable bonds is 5. The third kappa shape index (κ3) is 3.52. The number of aromatic nitrogens is 2. The van der Waals surface area contributed by atoms with Crippen LogP contribution in [0.2, 0.25) is 0 Å². The van der Waals surface area contributed by atoms with Crippen molar-refractivity contribution in [1.29, 1.82) is 0 Å². The first-order chi connectivity index (χ1) is 8.72. The fourth-order valence-electron chi connectivity index (χ4n) is 1.62. The Hall–Kier alpha value is -1.92. The highest BCUT2D eigenvalue weighted by Gasteiger charge is 2.07. The molecule has 1 aromatic heterocycles. The highest BCUT2D eigenvalue weighted by atomic mass is 35.5. The van der Waals surface area contributed by atoms with Crippen LogP contribution in [0, 0.1) is 0 Å². The molecule has 1 aromatic carbocycles. The van der Waals surface area contributed by atoms with E-state index in [1.165, 1.54) is 18.5 Å². The monoisotopic (exact) mass is 283 g/mol. The van der Waals surface area contributed by atoms with Gasteiger partial charge >= 0.3 is 5.97 Å². The molecule has 0 saturated carbocycles. The van der Waals surface area contributed by atoms with Crippen molar-refractivity contribution in [1.82, 2.24) is 9.97 Å². The SMILES string of the molecule is Cl.O=C(O)c1ccc2c(NCCCO)ncnc2c1. The van der Waals surface area contributed by atoms with Gasteiger partial charge in [0.15, 0.2) is 0 Å². The number of hydrogen-bond donors (Lipinski definition) is 3. The van der Waals surface area contributed by atoms with Gasteiger partial charge in [-0.05, 0) is 24.6 Å². The second-order valence-corrected chi connectivity index (χ2v) is 3.76. The topological polar surface area (TPSA) is 95.3 Å². The number of nitrogens with zero attached hydrogens (tertiary/aromatic N) is 2. The van der Waals surface area contributed by atoms with Crippen molar-refractivity contribution in [3.8, 4) is 0 Å². The van der Waals surface area contributed by atoms with Crippen LogP contribution in [0.4, 0.5) is 5.82 Å². The van der Waals surface area contributed by atoms with Gasteiger partial charge in [0, 0.05) is 18.5 Å². The van der Waals surface area contributed by atoms with E-state index in [0.717, 1.165) is 5.39 Å². The van der Waals surface area contributed by atoms with Gasteiger partial charge in [0.2, 0.25) is 0 Å². The molecular formula is C12H14ClN3O3. The first-order valence-electron chi connectivity index (χ1n) is 5.55. The van der Waals surface area contributed by atoms with Crippen LogP contribution in [-0.4, -0.2) is 39.3 Å². The van der Waals surface area contributed by atoms with Crippen molar-refractivity contribution in [2.75, 3.05) is 18.5 Å². The largest absolute Gasteiger partial charge is 0.478 e. The average Bonchev–Trinajstić information content (AvgIpc) is 2.38. The lowest BCUT2D eigenvalue weighted by atomic mass is 10.1. The molecule has 0 aliphatic carbocycles. The molecular weight excluding hydrogens is 270 g/mol. The van der Waals surface area contributed by atoms with Gasteiger partial charge in [0.05, 0.1) is 11.1 Å². The number of carboxylic acid groups (broad SMARTS) is 1. The zero-order valence-corrected chi connectivity index (χ0v) is 10.9. The van der Waals surface area contributed by atoms with Crippen LogP contribution in [0.1, 0.15) is 16.8 Å². The van der Waals surface area contributed by atoms with Gasteiger partial charge in [-0.2, -0.15) is 0 Å². The van der Waals surface area contributed by atoms with E-state index in [1.807, 2.05) is 0 Å². The molecule has 0 amide bonds. The maximum absolute atomic E-state index is 10.9. The number of benzene rings is 1. The predicted octanol–water partition coefficient (Wildman–Crippen LogP) is 1.54. The lowest BCUT2D eigenvalue weighted by Crippen LogP contribution is -2.06. The highest BCUT2D eigenvalue weighted by molar-refractivity contribution is 5.96. The molecule has 0 aliphatic heterocycles. The Morgan fingerprint density at radius 3 is 2.79 bits per heavy atom. The fourth-order valence-corrected chi connectivity index (χ4v) is 1.62. The second kappa shape index (κ2) is 6.86. The number of aliphatic hydroxyl groups excluding tert-OH is 1. The molecule has 0 unspecified atom stereocenters. The summed E-state index contributed by atoms with van der Waals surface area (Å²) in [4.78, 5) is 19.0. The summed E-state index contributed by atoms with van der Waals surface area (Å²) < 4.78 is 0. The van der Waals surface area contributed by atoms with Crippen molar-refractivity contribution in [3.05, 3.63) is 30.1 Å². The van der Waals surface area contributed by atoms with Crippen LogP contribution in [0.3, 0.4) is 0 Å². The predicted molar refractivity (Wildman–Crippen MR) is 73.9 cm³/mol. The molecule has 0 aliphatic rings. The summed E-state index contributed by atoms with van der Waals surface area (Å²) in [6.45, 7) is 0.711. The van der Waals surface area contributed by atoms with Crippen LogP contribution >= 0.6 is 12.4 Å². The minimum atomic E-state index is -0.981. The molecule has 1 heterocycles. The first-order valence-corrected chi connectivity index (χ1v) is 5.55. The van der Waals surface area contributed by atoms with Crippen molar-refractivity contribution in [2.24, 2.45) is 0 Å². The number of halogens is 1. The molecule has 3 N–H and O–H groups in total. The van der Waals surface area contributed by atoms with Gasteiger partial charge in [-0.3, -0.25) is 0 Å². The van der Waals surface area contributed by atoms with Crippen LogP contribution in [0.25, 0.3) is 10.9 Å². The summed E-state index contributed by atoms with van der Waals surface area (Å²) in [6.07, 6.45) is 2.01. The van der Waals surface area contributed by atoms with Gasteiger partial charge in [-0.15, -0.1) is 12.4 Å². The summed E-state index contributed by atoms with van der Waals surface area (Å²) in [6, 6.07) is 4.71. The van der Waals surface area contributed by atoms with Gasteiger partial charge in [-0.1, -0.05) is 0 Å². The first kappa shape index (κ1) is 15.1. The molecule has 7 heteroatoms. The number of nitrogens with one attached hydrogen (secondary N) is 1. The van der Waals surface area contributed by atoms with E-state index in [-0.39, 0.29) is 24.6 Å². The Morgan fingerprint density at radius 1 is 1.32 bits per heavy atom. The number of aliphatic hydroxyl groups is 1. The number of hydrogen-bond acceptors (Lipinski definition) is 5. The second-order valence-electron chi connectivity index (χ2n) is 3.76. The smallest absolute Gasteiger partial charge is 0.335 e. The van der Waals surface area contributed by atoms with Crippen LogP contribution in [0.5, 0.6) is 0 Å². The zero-order valence-electron chi connectivity index (χ0n) is 10.0. The maximum Gasteiger partial charge on any atom is 0.335 e. The van der Waals surface area contributed by atoms with Crippen LogP contribution in [0.15, 0.2) is 24.5 Å². The summed E-state index contributed by atoms with van der Waals surface area (Å²) in [7, 11) is 0. The van der Waals surface area contributed by atoms with Crippen molar-refractivity contribution >= 4 is 35.1 Å². The molecule has 102 valence electrons. The number of fused-ring (bicyclic) bond motifs is 1. The normalized spacial score (nSPS) is 9.95. The molecule has 0 atom stereocenters. The van der Waals surface area contributed by atoms with Crippen molar-refractivity contribution in [2.45, 2.75) is 6.42 Å². The van der Waals surface area contributed by atoms with E-state index in [2.05, 4.69) is 15.3 Å². The van der Waals surface area contributed by atoms with E-state index in [1.54, 1.807) is 6.07 Å². The summed E-state index contributed by atoms with van der Waals surface area (Å²) >= 11 is 0. The summed E-state index contributed by atoms with van der Waals surface area (Å²) in [5.41, 5.74) is 0.777. The van der Waals surface area contributed by atoms with Gasteiger partial charge in [0.1, 0.15) is 12.1 Å². The zero-order chi connectivity index (χ0) is 13.0. The number of anilines is 1. The molecule has 0 fully saturated rings. The molecule has 19 heavy (non-hydrogen) atoms. The Morgan fingerprint density at radius 2 is 2.11 bits per heavy atom. The summed E-state index contributed by atoms with van der Waals surface area (Å²) in [5.74, 6) is -0.337. The van der Waals surface area contributed by atoms with Crippen LogP contribution in [-0.2, 0) is 0 Å². The third-order valence-corrected chi connectivity index (χ3v) is 2.51. The van der Waals surface area contributed by atoms with Gasteiger partial charge in [0.25, 0.3) is 0 Å². The van der Waals surface area contributed by atoms with Crippen LogP contribution < -0.4 is 5.32 Å². The molecule has 2 aromatic rings. The number of carboxylic acids is 1. The van der Waals surface area contributed by atoms with E-state index in [0.29, 0.717) is 24.3 Å². The average molecular weight is 284 g/mol. The van der Waals surface area contributed by atoms with E-state index in [9.17, 15) is 4.79 Å². The number of carbonyl (C=O) groups is 1. The standard InChI is InChI=1S/C12H13N3O3.ClH/c16-5-1-4-13-11-9-3-2-8(12(17)18)6-10(9)14-7-15-11;/h2-3,6-7,16H,1,4-5H2,(H,17,18)(H,13,14,15);1H. The Balaban J connectivity index is 0.00000180.